The Morgan fingerprint density at radius 1 is 0.957 bits per heavy atom. The number of H-pyrrole nitrogens is 2. The number of fused-ring (bicyclic) bond motifs is 2. The lowest BCUT2D eigenvalue weighted by Crippen LogP contribution is -2.30. The van der Waals surface area contributed by atoms with Crippen LogP contribution in [0, 0.1) is 6.92 Å². The van der Waals surface area contributed by atoms with Crippen molar-refractivity contribution in [1.82, 2.24) is 20.3 Å². The molecule has 5 N–H and O–H groups in total. The molecule has 2 heterocycles. The number of hydrogen-bond acceptors (Lipinski definition) is 5. The van der Waals surface area contributed by atoms with Gasteiger partial charge >= 0.3 is 18.1 Å². The molecule has 0 aliphatic rings. The van der Waals surface area contributed by atoms with Crippen molar-refractivity contribution in [3.8, 4) is 17.0 Å². The van der Waals surface area contributed by atoms with Gasteiger partial charge in [-0.25, -0.2) is 9.78 Å². The van der Waals surface area contributed by atoms with Crippen molar-refractivity contribution in [3.63, 3.8) is 0 Å². The van der Waals surface area contributed by atoms with Crippen LogP contribution < -0.4 is 10.1 Å². The highest BCUT2D eigenvalue weighted by atomic mass is 19.4. The summed E-state index contributed by atoms with van der Waals surface area (Å²) in [6.07, 6.45) is -0.131. The molecule has 10 nitrogen and oxygen atoms in total. The van der Waals surface area contributed by atoms with Crippen LogP contribution in [0.5, 0.6) is 5.75 Å². The molecule has 0 aliphatic heterocycles. The average molecular weight is 653 g/mol. The maximum absolute atomic E-state index is 13.4. The largest absolute Gasteiger partial charge is 0.497 e. The highest BCUT2D eigenvalue weighted by molar-refractivity contribution is 5.91. The lowest BCUT2D eigenvalue weighted by Gasteiger charge is -2.17. The van der Waals surface area contributed by atoms with Gasteiger partial charge in [0.25, 0.3) is 0 Å². The molecule has 0 spiro atoms. The number of aryl methyl sites for hydroxylation is 1. The summed E-state index contributed by atoms with van der Waals surface area (Å²) >= 11 is 0. The summed E-state index contributed by atoms with van der Waals surface area (Å²) in [5.74, 6) is -2.23. The maximum Gasteiger partial charge on any atom is 0.490 e. The van der Waals surface area contributed by atoms with Crippen LogP contribution in [-0.2, 0) is 20.8 Å². The predicted octanol–water partition coefficient (Wildman–Crippen LogP) is 7.10. The van der Waals surface area contributed by atoms with Gasteiger partial charge in [-0.1, -0.05) is 49.2 Å². The molecule has 0 radical (unpaired) electrons. The fourth-order valence-electron chi connectivity index (χ4n) is 5.22. The molecule has 0 bridgehead atoms. The predicted molar refractivity (Wildman–Crippen MR) is 170 cm³/mol. The Kier molecular flexibility index (Phi) is 11.2. The van der Waals surface area contributed by atoms with Crippen LogP contribution in [0.3, 0.4) is 0 Å². The van der Waals surface area contributed by atoms with E-state index in [0.29, 0.717) is 18.7 Å². The minimum atomic E-state index is -5.08. The second-order valence-electron chi connectivity index (χ2n) is 11.0. The molecule has 13 heteroatoms. The lowest BCUT2D eigenvalue weighted by molar-refractivity contribution is -0.192. The Balaban J connectivity index is 0.000000644. The van der Waals surface area contributed by atoms with E-state index in [1.54, 1.807) is 13.3 Å². The highest BCUT2D eigenvalue weighted by Gasteiger charge is 2.38. The number of unbranched alkanes of at least 4 members (excludes halogenated alkanes) is 2. The molecule has 0 saturated carbocycles. The number of carboxylic acids is 2. The first-order chi connectivity index (χ1) is 22.3. The summed E-state index contributed by atoms with van der Waals surface area (Å²) in [7, 11) is 1.63. The van der Waals surface area contributed by atoms with Gasteiger partial charge in [0.2, 0.25) is 5.91 Å². The van der Waals surface area contributed by atoms with E-state index >= 15 is 0 Å². The molecule has 0 aliphatic carbocycles. The number of nitrogens with zero attached hydrogens (tertiary/aromatic N) is 1. The number of alkyl halides is 3. The zero-order chi connectivity index (χ0) is 34.1. The molecule has 2 aromatic heterocycles. The number of imidazole rings is 1. The number of hydrogen-bond donors (Lipinski definition) is 5. The minimum Gasteiger partial charge on any atom is -0.497 e. The van der Waals surface area contributed by atoms with Crippen LogP contribution in [0.1, 0.15) is 55.2 Å². The van der Waals surface area contributed by atoms with Gasteiger partial charge in [-0.2, -0.15) is 13.2 Å². The molecule has 1 atom stereocenters. The number of methoxy groups -OCH3 is 1. The Bertz CT molecular complexity index is 1860. The Morgan fingerprint density at radius 2 is 1.68 bits per heavy atom. The highest BCUT2D eigenvalue weighted by Crippen LogP contribution is 2.28. The number of rotatable bonds is 12. The summed E-state index contributed by atoms with van der Waals surface area (Å²) < 4.78 is 37.1. The minimum absolute atomic E-state index is 0.106. The van der Waals surface area contributed by atoms with Crippen molar-refractivity contribution in [2.75, 3.05) is 7.11 Å². The number of benzene rings is 3. The molecule has 248 valence electrons. The van der Waals surface area contributed by atoms with Crippen molar-refractivity contribution in [2.24, 2.45) is 0 Å². The fourth-order valence-corrected chi connectivity index (χ4v) is 5.22. The van der Waals surface area contributed by atoms with E-state index in [2.05, 4.69) is 50.6 Å². The van der Waals surface area contributed by atoms with Crippen LogP contribution in [0.25, 0.3) is 32.9 Å². The van der Waals surface area contributed by atoms with Gasteiger partial charge < -0.3 is 30.2 Å². The molecule has 0 saturated heterocycles. The number of carbonyl (C=O) groups is 3. The van der Waals surface area contributed by atoms with Gasteiger partial charge in [-0.3, -0.25) is 9.59 Å². The third-order valence-electron chi connectivity index (χ3n) is 7.61. The van der Waals surface area contributed by atoms with Gasteiger partial charge in [0.15, 0.2) is 0 Å². The average Bonchev–Trinajstić information content (AvgIpc) is 3.64. The molecule has 0 unspecified atom stereocenters. The summed E-state index contributed by atoms with van der Waals surface area (Å²) in [5, 5.41) is 22.6. The molecular formula is C34H35F3N4O6. The Labute approximate surface area is 268 Å². The number of amides is 1. The van der Waals surface area contributed by atoms with Crippen LogP contribution in [0.2, 0.25) is 0 Å². The standard InChI is InChI=1S/C32H34N4O4.C2HF3O2/c1-20-25(26-17-24(40-2)14-15-27(26)34-20)18-30(37)35-28(10-4-3-5-11-31(38)39)32-33-19-29(36-32)23-13-12-21-8-6-7-9-22(21)16-23;3-2(4,5)1(6)7/h6-9,12-17,19,28,34H,3-5,10-11,18H2,1-2H3,(H,33,36)(H,35,37)(H,38,39);(H,6,7)/t28-;/m0./s1. The molecule has 1 amide bonds. The normalized spacial score (nSPS) is 11.9. The quantitative estimate of drug-likeness (QED) is 0.0900. The summed E-state index contributed by atoms with van der Waals surface area (Å²) in [6.45, 7) is 1.97. The van der Waals surface area contributed by atoms with E-state index in [1.807, 2.05) is 37.3 Å². The van der Waals surface area contributed by atoms with Crippen LogP contribution >= 0.6 is 0 Å². The topological polar surface area (TPSA) is 157 Å². The Hall–Kier alpha value is -5.33. The van der Waals surface area contributed by atoms with Gasteiger partial charge in [0, 0.05) is 28.6 Å². The van der Waals surface area contributed by atoms with Crippen molar-refractivity contribution in [1.29, 1.82) is 0 Å². The number of aromatic nitrogens is 3. The van der Waals surface area contributed by atoms with E-state index in [4.69, 9.17) is 19.7 Å². The third-order valence-corrected chi connectivity index (χ3v) is 7.61. The second-order valence-corrected chi connectivity index (χ2v) is 11.0. The Morgan fingerprint density at radius 3 is 2.36 bits per heavy atom. The number of aromatic amines is 2. The van der Waals surface area contributed by atoms with Crippen molar-refractivity contribution < 1.29 is 42.5 Å². The maximum atomic E-state index is 13.4. The van der Waals surface area contributed by atoms with Gasteiger partial charge in [0.1, 0.15) is 11.6 Å². The third kappa shape index (κ3) is 9.35. The van der Waals surface area contributed by atoms with Crippen molar-refractivity contribution in [3.05, 3.63) is 83.9 Å². The van der Waals surface area contributed by atoms with Gasteiger partial charge in [-0.05, 0) is 60.4 Å². The monoisotopic (exact) mass is 652 g/mol. The molecule has 47 heavy (non-hydrogen) atoms. The SMILES string of the molecule is COc1ccc2[nH]c(C)c(CC(=O)N[C@@H](CCCCCC(=O)O)c3ncc(-c4ccc5ccccc5c4)[nH]3)c2c1.O=C(O)C(F)(F)F. The molecule has 5 rings (SSSR count). The van der Waals surface area contributed by atoms with Crippen LogP contribution in [0.15, 0.2) is 66.9 Å². The van der Waals surface area contributed by atoms with Crippen molar-refractivity contribution in [2.45, 2.75) is 57.7 Å². The van der Waals surface area contributed by atoms with Gasteiger partial charge in [0.05, 0.1) is 31.5 Å². The van der Waals surface area contributed by atoms with E-state index in [1.165, 1.54) is 5.39 Å². The van der Waals surface area contributed by atoms with Crippen LogP contribution in [0.4, 0.5) is 13.2 Å². The van der Waals surface area contributed by atoms with E-state index in [0.717, 1.165) is 57.4 Å². The molecule has 5 aromatic rings. The number of carbonyl (C=O) groups excluding carboxylic acids is 1. The first-order valence-corrected chi connectivity index (χ1v) is 14.9. The summed E-state index contributed by atoms with van der Waals surface area (Å²) in [6, 6.07) is 20.0. The molecular weight excluding hydrogens is 617 g/mol. The fraction of sp³-hybridized carbons (Fsp3) is 0.294. The number of nitrogens with one attached hydrogen (secondary N) is 3. The summed E-state index contributed by atoms with van der Waals surface area (Å²) in [5.41, 5.74) is 4.74. The van der Waals surface area contributed by atoms with E-state index in [9.17, 15) is 22.8 Å². The zero-order valence-electron chi connectivity index (χ0n) is 25.8. The number of carboxylic acid groups (broad SMARTS) is 2. The van der Waals surface area contributed by atoms with E-state index < -0.39 is 18.1 Å². The zero-order valence-corrected chi connectivity index (χ0v) is 25.8. The van der Waals surface area contributed by atoms with Crippen molar-refractivity contribution >= 4 is 39.5 Å². The number of ether oxygens (including phenoxy) is 1. The summed E-state index contributed by atoms with van der Waals surface area (Å²) in [4.78, 5) is 44.6. The van der Waals surface area contributed by atoms with Crippen LogP contribution in [-0.4, -0.2) is 56.3 Å². The smallest absolute Gasteiger partial charge is 0.490 e. The first-order valence-electron chi connectivity index (χ1n) is 14.9. The molecule has 0 fully saturated rings. The second kappa shape index (κ2) is 15.3. The van der Waals surface area contributed by atoms with Gasteiger partial charge in [-0.15, -0.1) is 0 Å². The van der Waals surface area contributed by atoms with E-state index in [-0.39, 0.29) is 24.8 Å². The number of halogens is 3. The first kappa shape index (κ1) is 34.5. The number of aliphatic carboxylic acids is 2. The molecule has 3 aromatic carbocycles. The lowest BCUT2D eigenvalue weighted by atomic mass is 10.0.